The Kier molecular flexibility index (Phi) is 4.28. The molecule has 2 atom stereocenters. The Morgan fingerprint density at radius 3 is 2.80 bits per heavy atom. The van der Waals surface area contributed by atoms with E-state index < -0.39 is 5.91 Å². The smallest absolute Gasteiger partial charge is 0.252 e. The van der Waals surface area contributed by atoms with Crippen LogP contribution in [0.25, 0.3) is 0 Å². The van der Waals surface area contributed by atoms with E-state index in [1.165, 1.54) is 0 Å². The van der Waals surface area contributed by atoms with E-state index in [2.05, 4.69) is 16.8 Å². The number of carbonyl (C=O) groups excluding carboxylic acids is 1. The Morgan fingerprint density at radius 1 is 1.50 bits per heavy atom. The van der Waals surface area contributed by atoms with Gasteiger partial charge in [-0.2, -0.15) is 0 Å². The molecule has 1 fully saturated rings. The Bertz CT molecular complexity index is 515. The average Bonchev–Trinajstić information content (AvgIpc) is 2.37. The van der Waals surface area contributed by atoms with E-state index in [1.807, 2.05) is 19.9 Å². The van der Waals surface area contributed by atoms with Crippen LogP contribution >= 0.6 is 0 Å². The molecular weight excluding hydrogens is 252 g/mol. The van der Waals surface area contributed by atoms with E-state index in [4.69, 9.17) is 11.5 Å². The van der Waals surface area contributed by atoms with Gasteiger partial charge in [0.05, 0.1) is 16.9 Å². The van der Waals surface area contributed by atoms with Crippen molar-refractivity contribution in [3.05, 3.63) is 23.0 Å². The van der Waals surface area contributed by atoms with E-state index in [0.717, 1.165) is 30.9 Å². The maximum Gasteiger partial charge on any atom is 0.252 e. The van der Waals surface area contributed by atoms with Crippen molar-refractivity contribution in [2.24, 2.45) is 23.3 Å². The number of piperidine rings is 1. The molecule has 0 saturated carbocycles. The zero-order valence-electron chi connectivity index (χ0n) is 12.5. The van der Waals surface area contributed by atoms with Crippen LogP contribution < -0.4 is 16.4 Å². The van der Waals surface area contributed by atoms with Crippen LogP contribution in [-0.2, 0) is 0 Å². The maximum absolute atomic E-state index is 11.7. The predicted octanol–water partition coefficient (Wildman–Crippen LogP) is 1.22. The van der Waals surface area contributed by atoms with Crippen LogP contribution in [0.5, 0.6) is 0 Å². The van der Waals surface area contributed by atoms with Gasteiger partial charge in [0.15, 0.2) is 0 Å². The molecule has 0 bridgehead atoms. The summed E-state index contributed by atoms with van der Waals surface area (Å²) >= 11 is 0. The predicted molar refractivity (Wildman–Crippen MR) is 80.8 cm³/mol. The van der Waals surface area contributed by atoms with Crippen LogP contribution in [-0.4, -0.2) is 30.5 Å². The van der Waals surface area contributed by atoms with E-state index >= 15 is 0 Å². The number of aromatic nitrogens is 1. The summed E-state index contributed by atoms with van der Waals surface area (Å²) in [5, 5.41) is 0. The molecule has 1 saturated heterocycles. The summed E-state index contributed by atoms with van der Waals surface area (Å²) in [6.45, 7) is 8.50. The van der Waals surface area contributed by atoms with Gasteiger partial charge in [0.2, 0.25) is 0 Å². The van der Waals surface area contributed by atoms with Crippen molar-refractivity contribution >= 4 is 11.6 Å². The van der Waals surface area contributed by atoms with Gasteiger partial charge in [-0.05, 0) is 44.7 Å². The van der Waals surface area contributed by atoms with Crippen molar-refractivity contribution in [1.29, 1.82) is 0 Å². The molecule has 1 aromatic rings. The second-order valence-electron chi connectivity index (χ2n) is 5.82. The number of hydrogen-bond donors (Lipinski definition) is 2. The van der Waals surface area contributed by atoms with Crippen LogP contribution in [0.3, 0.4) is 0 Å². The number of pyridine rings is 1. The lowest BCUT2D eigenvalue weighted by Crippen LogP contribution is -2.43. The van der Waals surface area contributed by atoms with Crippen molar-refractivity contribution in [1.82, 2.24) is 4.98 Å². The van der Waals surface area contributed by atoms with Crippen LogP contribution in [0.4, 0.5) is 5.69 Å². The van der Waals surface area contributed by atoms with Gasteiger partial charge in [-0.3, -0.25) is 9.78 Å². The maximum atomic E-state index is 11.7. The van der Waals surface area contributed by atoms with Crippen LogP contribution in [0.15, 0.2) is 6.07 Å². The van der Waals surface area contributed by atoms with Crippen molar-refractivity contribution in [3.8, 4) is 0 Å². The third kappa shape index (κ3) is 2.77. The summed E-state index contributed by atoms with van der Waals surface area (Å²) in [5.74, 6) is 0.670. The van der Waals surface area contributed by atoms with Gasteiger partial charge in [0.25, 0.3) is 5.91 Å². The minimum Gasteiger partial charge on any atom is -0.370 e. The number of aryl methyl sites for hydroxylation is 2. The number of amides is 1. The van der Waals surface area contributed by atoms with Crippen molar-refractivity contribution in [3.63, 3.8) is 0 Å². The van der Waals surface area contributed by atoms with Crippen LogP contribution in [0.1, 0.15) is 35.1 Å². The van der Waals surface area contributed by atoms with Gasteiger partial charge in [-0.1, -0.05) is 6.92 Å². The van der Waals surface area contributed by atoms with Gasteiger partial charge < -0.3 is 16.4 Å². The minimum atomic E-state index is -0.409. The first kappa shape index (κ1) is 14.8. The van der Waals surface area contributed by atoms with Gasteiger partial charge in [0, 0.05) is 18.8 Å². The molecule has 5 nitrogen and oxygen atoms in total. The SMILES string of the molecule is Cc1cc(N2CCC(C)C(CN)C2)c(C(N)=O)c(C)n1. The molecule has 5 heteroatoms. The standard InChI is InChI=1S/C15H24N4O/c1-9-4-5-19(8-12(9)7-16)13-6-10(2)18-11(3)14(13)15(17)20/h6,9,12H,4-5,7-8,16H2,1-3H3,(H2,17,20). The normalized spacial score (nSPS) is 22.9. The zero-order chi connectivity index (χ0) is 14.9. The highest BCUT2D eigenvalue weighted by atomic mass is 16.1. The molecule has 0 aromatic carbocycles. The van der Waals surface area contributed by atoms with Gasteiger partial charge in [0.1, 0.15) is 0 Å². The van der Waals surface area contributed by atoms with Gasteiger partial charge in [-0.25, -0.2) is 0 Å². The molecular formula is C15H24N4O. The molecule has 20 heavy (non-hydrogen) atoms. The molecule has 1 aromatic heterocycles. The third-order valence-corrected chi connectivity index (χ3v) is 4.31. The fourth-order valence-corrected chi connectivity index (χ4v) is 3.04. The molecule has 1 aliphatic heterocycles. The first-order valence-corrected chi connectivity index (χ1v) is 7.17. The Hall–Kier alpha value is -1.62. The lowest BCUT2D eigenvalue weighted by molar-refractivity contribution is 0.0999. The summed E-state index contributed by atoms with van der Waals surface area (Å²) in [6.07, 6.45) is 1.08. The Balaban J connectivity index is 2.39. The molecule has 0 spiro atoms. The van der Waals surface area contributed by atoms with Crippen molar-refractivity contribution in [2.45, 2.75) is 27.2 Å². The number of rotatable bonds is 3. The first-order chi connectivity index (χ1) is 9.43. The summed E-state index contributed by atoms with van der Waals surface area (Å²) in [4.78, 5) is 18.3. The molecule has 1 aliphatic rings. The number of anilines is 1. The highest BCUT2D eigenvalue weighted by Crippen LogP contribution is 2.30. The lowest BCUT2D eigenvalue weighted by Gasteiger charge is -2.38. The number of primary amides is 1. The average molecular weight is 276 g/mol. The number of nitrogens with two attached hydrogens (primary N) is 2. The van der Waals surface area contributed by atoms with Crippen LogP contribution in [0.2, 0.25) is 0 Å². The fraction of sp³-hybridized carbons (Fsp3) is 0.600. The van der Waals surface area contributed by atoms with E-state index in [0.29, 0.717) is 29.6 Å². The fourth-order valence-electron chi connectivity index (χ4n) is 3.04. The summed E-state index contributed by atoms with van der Waals surface area (Å²) in [7, 11) is 0. The summed E-state index contributed by atoms with van der Waals surface area (Å²) < 4.78 is 0. The third-order valence-electron chi connectivity index (χ3n) is 4.31. The molecule has 110 valence electrons. The minimum absolute atomic E-state index is 0.409. The molecule has 2 rings (SSSR count). The van der Waals surface area contributed by atoms with Gasteiger partial charge >= 0.3 is 0 Å². The first-order valence-electron chi connectivity index (χ1n) is 7.17. The highest BCUT2D eigenvalue weighted by Gasteiger charge is 2.28. The molecule has 2 unspecified atom stereocenters. The van der Waals surface area contributed by atoms with E-state index in [9.17, 15) is 4.79 Å². The van der Waals surface area contributed by atoms with Crippen LogP contribution in [0, 0.1) is 25.7 Å². The Morgan fingerprint density at radius 2 is 2.20 bits per heavy atom. The van der Waals surface area contributed by atoms with Crippen molar-refractivity contribution < 1.29 is 4.79 Å². The molecule has 4 N–H and O–H groups in total. The second kappa shape index (κ2) is 5.79. The number of carbonyl (C=O) groups is 1. The topological polar surface area (TPSA) is 85.2 Å². The van der Waals surface area contributed by atoms with E-state index in [-0.39, 0.29) is 0 Å². The monoisotopic (exact) mass is 276 g/mol. The van der Waals surface area contributed by atoms with Crippen molar-refractivity contribution in [2.75, 3.05) is 24.5 Å². The summed E-state index contributed by atoms with van der Waals surface area (Å²) in [5.41, 5.74) is 14.5. The molecule has 2 heterocycles. The second-order valence-corrected chi connectivity index (χ2v) is 5.82. The molecule has 0 radical (unpaired) electrons. The zero-order valence-corrected chi connectivity index (χ0v) is 12.5. The number of nitrogens with zero attached hydrogens (tertiary/aromatic N) is 2. The lowest BCUT2D eigenvalue weighted by atomic mass is 9.86. The largest absolute Gasteiger partial charge is 0.370 e. The molecule has 0 aliphatic carbocycles. The van der Waals surface area contributed by atoms with E-state index in [1.54, 1.807) is 0 Å². The highest BCUT2D eigenvalue weighted by molar-refractivity contribution is 5.99. The Labute approximate surface area is 120 Å². The van der Waals surface area contributed by atoms with Gasteiger partial charge in [-0.15, -0.1) is 0 Å². The molecule has 1 amide bonds. The summed E-state index contributed by atoms with van der Waals surface area (Å²) in [6, 6.07) is 1.96. The quantitative estimate of drug-likeness (QED) is 0.869. The number of hydrogen-bond acceptors (Lipinski definition) is 4.